The van der Waals surface area contributed by atoms with Gasteiger partial charge in [0.2, 0.25) is 5.75 Å². The molecule has 21 heavy (non-hydrogen) atoms. The molecule has 1 aromatic rings. The molecule has 0 aromatic heterocycles. The van der Waals surface area contributed by atoms with Crippen LogP contribution in [0.2, 0.25) is 0 Å². The fourth-order valence-electron chi connectivity index (χ4n) is 1.77. The highest BCUT2D eigenvalue weighted by Gasteiger charge is 2.54. The first kappa shape index (κ1) is 14.5. The minimum Gasteiger partial charge on any atom is -0.545 e. The summed E-state index contributed by atoms with van der Waals surface area (Å²) in [5.74, 6) is -4.04. The Bertz CT molecular complexity index is 678. The lowest BCUT2D eigenvalue weighted by Crippen LogP contribution is -2.52. The van der Waals surface area contributed by atoms with Crippen molar-refractivity contribution < 1.29 is 34.3 Å². The van der Waals surface area contributed by atoms with Gasteiger partial charge in [-0.15, -0.1) is 0 Å². The number of hydrogen-bond acceptors (Lipinski definition) is 7. The van der Waals surface area contributed by atoms with Gasteiger partial charge >= 0.3 is 11.8 Å². The Labute approximate surface area is 116 Å². The standard InChI is InChI=1S/C11H8N4O6/c12-14-13-6-1-2-7(11(18)19)8(5-6)21-15(20)9(16)3-4-10(15)17/h1-2,5,20H,3-4H2. The van der Waals surface area contributed by atoms with E-state index in [1.807, 2.05) is 0 Å². The molecule has 10 nitrogen and oxygen atoms in total. The molecule has 10 heteroatoms. The predicted octanol–water partition coefficient (Wildman–Crippen LogP) is 0.339. The number of azide groups is 1. The monoisotopic (exact) mass is 292 g/mol. The van der Waals surface area contributed by atoms with Gasteiger partial charge in [-0.05, 0) is 17.7 Å². The van der Waals surface area contributed by atoms with E-state index in [-0.39, 0.29) is 18.5 Å². The molecule has 1 aromatic carbocycles. The number of carboxylic acid groups (broad SMARTS) is 1. The average Bonchev–Trinajstić information content (AvgIpc) is 2.67. The Morgan fingerprint density at radius 3 is 2.52 bits per heavy atom. The van der Waals surface area contributed by atoms with E-state index in [1.165, 1.54) is 6.07 Å². The molecule has 0 bridgehead atoms. The van der Waals surface area contributed by atoms with Crippen LogP contribution in [0.15, 0.2) is 23.3 Å². The zero-order valence-electron chi connectivity index (χ0n) is 10.4. The number of benzene rings is 1. The average molecular weight is 292 g/mol. The Morgan fingerprint density at radius 1 is 1.38 bits per heavy atom. The van der Waals surface area contributed by atoms with Crippen LogP contribution in [0, 0.1) is 0 Å². The summed E-state index contributed by atoms with van der Waals surface area (Å²) in [6.45, 7) is 0. The van der Waals surface area contributed by atoms with Crippen molar-refractivity contribution in [3.63, 3.8) is 0 Å². The molecule has 0 saturated carbocycles. The van der Waals surface area contributed by atoms with Crippen LogP contribution in [0.4, 0.5) is 5.69 Å². The van der Waals surface area contributed by atoms with Crippen LogP contribution >= 0.6 is 0 Å². The summed E-state index contributed by atoms with van der Waals surface area (Å²) >= 11 is 0. The second-order valence-electron chi connectivity index (χ2n) is 4.11. The Balaban J connectivity index is 2.48. The Kier molecular flexibility index (Phi) is 3.59. The number of carbonyl (C=O) groups is 3. The quantitative estimate of drug-likeness (QED) is 0.211. The highest BCUT2D eigenvalue weighted by molar-refractivity contribution is 5.91. The summed E-state index contributed by atoms with van der Waals surface area (Å²) in [6.07, 6.45) is -0.460. The van der Waals surface area contributed by atoms with Crippen molar-refractivity contribution in [2.75, 3.05) is 0 Å². The Morgan fingerprint density at radius 2 is 2.00 bits per heavy atom. The van der Waals surface area contributed by atoms with E-state index in [0.717, 1.165) is 12.1 Å². The zero-order chi connectivity index (χ0) is 15.6. The van der Waals surface area contributed by atoms with Crippen LogP contribution in [0.3, 0.4) is 0 Å². The molecule has 0 atom stereocenters. The van der Waals surface area contributed by atoms with E-state index in [4.69, 9.17) is 10.4 Å². The van der Waals surface area contributed by atoms with E-state index >= 15 is 0 Å². The molecule has 108 valence electrons. The highest BCUT2D eigenvalue weighted by Crippen LogP contribution is 2.30. The molecule has 0 spiro atoms. The first-order valence-electron chi connectivity index (χ1n) is 5.67. The molecule has 1 heterocycles. The number of nitrogens with zero attached hydrogens (tertiary/aromatic N) is 4. The maximum atomic E-state index is 11.5. The molecule has 1 N–H and O–H groups in total. The topological polar surface area (TPSA) is 152 Å². The molecule has 2 amide bonds. The van der Waals surface area contributed by atoms with Gasteiger partial charge in [-0.3, -0.25) is 4.84 Å². The highest BCUT2D eigenvalue weighted by atomic mass is 16.9. The molecule has 0 radical (unpaired) electrons. The van der Waals surface area contributed by atoms with Crippen LogP contribution in [-0.2, 0) is 9.59 Å². The minimum atomic E-state index is -1.99. The summed E-state index contributed by atoms with van der Waals surface area (Å²) in [4.78, 5) is 39.4. The smallest absolute Gasteiger partial charge is 0.397 e. The summed E-state index contributed by atoms with van der Waals surface area (Å²) in [5.41, 5.74) is 7.80. The van der Waals surface area contributed by atoms with Crippen LogP contribution in [0.25, 0.3) is 10.4 Å². The third-order valence-corrected chi connectivity index (χ3v) is 2.80. The van der Waals surface area contributed by atoms with Crippen molar-refractivity contribution in [3.05, 3.63) is 34.2 Å². The number of hydrogen-bond donors (Lipinski definition) is 1. The van der Waals surface area contributed by atoms with Gasteiger partial charge in [-0.2, -0.15) is 5.21 Å². The van der Waals surface area contributed by atoms with Crippen molar-refractivity contribution in [1.29, 1.82) is 0 Å². The second-order valence-corrected chi connectivity index (χ2v) is 4.11. The summed E-state index contributed by atoms with van der Waals surface area (Å²) in [7, 11) is 0. The number of quaternary nitrogens is 1. The van der Waals surface area contributed by atoms with Gasteiger partial charge < -0.3 is 9.90 Å². The number of hydroxylamine groups is 4. The van der Waals surface area contributed by atoms with E-state index < -0.39 is 33.9 Å². The van der Waals surface area contributed by atoms with E-state index in [0.29, 0.717) is 0 Å². The summed E-state index contributed by atoms with van der Waals surface area (Å²) in [6, 6.07) is 3.15. The number of rotatable bonds is 4. The first-order chi connectivity index (χ1) is 9.88. The second kappa shape index (κ2) is 5.21. The van der Waals surface area contributed by atoms with Crippen molar-refractivity contribution in [1.82, 2.24) is 0 Å². The maximum absolute atomic E-state index is 11.5. The van der Waals surface area contributed by atoms with Gasteiger partial charge in [0.1, 0.15) is 4.81 Å². The van der Waals surface area contributed by atoms with Gasteiger partial charge in [-0.25, -0.2) is 9.59 Å². The lowest BCUT2D eigenvalue weighted by Gasteiger charge is -2.19. The van der Waals surface area contributed by atoms with Crippen molar-refractivity contribution in [2.45, 2.75) is 12.8 Å². The van der Waals surface area contributed by atoms with Crippen LogP contribution in [0.1, 0.15) is 23.2 Å². The number of aromatic carboxylic acids is 1. The van der Waals surface area contributed by atoms with Crippen molar-refractivity contribution in [3.8, 4) is 5.75 Å². The van der Waals surface area contributed by atoms with E-state index in [1.54, 1.807) is 0 Å². The molecule has 1 fully saturated rings. The number of amides is 2. The van der Waals surface area contributed by atoms with Crippen LogP contribution in [0.5, 0.6) is 5.75 Å². The fraction of sp³-hybridized carbons (Fsp3) is 0.182. The maximum Gasteiger partial charge on any atom is 0.397 e. The normalized spacial score (nSPS) is 16.4. The summed E-state index contributed by atoms with van der Waals surface area (Å²) < 4.78 is 0. The molecule has 0 aliphatic carbocycles. The molecule has 1 aliphatic rings. The molecular weight excluding hydrogens is 284 g/mol. The van der Waals surface area contributed by atoms with Gasteiger partial charge in [0.15, 0.2) is 0 Å². The van der Waals surface area contributed by atoms with Crippen molar-refractivity contribution in [2.24, 2.45) is 5.11 Å². The number of imide groups is 1. The lowest BCUT2D eigenvalue weighted by molar-refractivity contribution is -1.11. The van der Waals surface area contributed by atoms with Gasteiger partial charge in [0, 0.05) is 16.2 Å². The largest absolute Gasteiger partial charge is 0.545 e. The molecule has 0 unspecified atom stereocenters. The van der Waals surface area contributed by atoms with E-state index in [9.17, 15) is 24.7 Å². The van der Waals surface area contributed by atoms with Gasteiger partial charge in [-0.1, -0.05) is 11.2 Å². The third kappa shape index (κ3) is 2.54. The number of carboxylic acids is 1. The molecule has 1 saturated heterocycles. The predicted molar refractivity (Wildman–Crippen MR) is 61.5 cm³/mol. The minimum absolute atomic E-state index is 0.0248. The van der Waals surface area contributed by atoms with Crippen LogP contribution < -0.4 is 9.94 Å². The van der Waals surface area contributed by atoms with E-state index in [2.05, 4.69) is 10.0 Å². The van der Waals surface area contributed by atoms with Gasteiger partial charge in [0.05, 0.1) is 18.8 Å². The summed E-state index contributed by atoms with van der Waals surface area (Å²) in [5, 5.41) is 24.1. The SMILES string of the molecule is [N-]=[N+]=Nc1ccc(C(=O)[O-])c(O[N+]2(O)C(=O)CCC2=O)c1. The molecular formula is C11H8N4O6. The molecule has 1 aliphatic heterocycles. The fourth-order valence-corrected chi connectivity index (χ4v) is 1.77. The zero-order valence-corrected chi connectivity index (χ0v) is 10.4. The van der Waals surface area contributed by atoms with Gasteiger partial charge in [0.25, 0.3) is 0 Å². The Hall–Kier alpha value is -2.94. The molecule has 2 rings (SSSR count). The van der Waals surface area contributed by atoms with Crippen molar-refractivity contribution >= 4 is 23.5 Å². The number of carbonyl (C=O) groups excluding carboxylic acids is 3. The lowest BCUT2D eigenvalue weighted by atomic mass is 10.2. The first-order valence-corrected chi connectivity index (χ1v) is 5.67. The third-order valence-electron chi connectivity index (χ3n) is 2.80. The van der Waals surface area contributed by atoms with Crippen LogP contribution in [-0.4, -0.2) is 27.8 Å².